The third-order valence-electron chi connectivity index (χ3n) is 3.01. The summed E-state index contributed by atoms with van der Waals surface area (Å²) < 4.78 is 10.0. The smallest absolute Gasteiger partial charge is 0.256 e. The molecule has 6 heteroatoms. The summed E-state index contributed by atoms with van der Waals surface area (Å²) in [6.45, 7) is 2.19. The molecule has 0 aromatic heterocycles. The van der Waals surface area contributed by atoms with Crippen LogP contribution in [0.4, 0.5) is 5.69 Å². The van der Waals surface area contributed by atoms with E-state index in [0.717, 1.165) is 0 Å². The zero-order valence-electron chi connectivity index (χ0n) is 11.4. The van der Waals surface area contributed by atoms with Crippen molar-refractivity contribution in [2.75, 3.05) is 45.3 Å². The molecule has 1 fully saturated rings. The maximum atomic E-state index is 12.4. The van der Waals surface area contributed by atoms with E-state index >= 15 is 0 Å². The normalized spacial score (nSPS) is 14.9. The standard InChI is InChI=1S/C14H18N2O4/c1-19-10-13(17)15-12-5-3-2-4-11(12)14(18)16-6-8-20-9-7-16/h2-5H,6-10H2,1H3,(H,15,17). The van der Waals surface area contributed by atoms with Crippen LogP contribution in [0.2, 0.25) is 0 Å². The molecule has 108 valence electrons. The fraction of sp³-hybridized carbons (Fsp3) is 0.429. The fourth-order valence-corrected chi connectivity index (χ4v) is 2.03. The molecule has 1 aliphatic heterocycles. The minimum atomic E-state index is -0.283. The maximum Gasteiger partial charge on any atom is 0.256 e. The van der Waals surface area contributed by atoms with E-state index in [0.29, 0.717) is 37.6 Å². The van der Waals surface area contributed by atoms with Gasteiger partial charge in [0.25, 0.3) is 5.91 Å². The number of hydrogen-bond donors (Lipinski definition) is 1. The quantitative estimate of drug-likeness (QED) is 0.882. The molecule has 20 heavy (non-hydrogen) atoms. The molecule has 0 radical (unpaired) electrons. The summed E-state index contributed by atoms with van der Waals surface area (Å²) >= 11 is 0. The van der Waals surface area contributed by atoms with Crippen LogP contribution in [-0.2, 0) is 14.3 Å². The van der Waals surface area contributed by atoms with E-state index in [2.05, 4.69) is 5.32 Å². The van der Waals surface area contributed by atoms with Gasteiger partial charge >= 0.3 is 0 Å². The summed E-state index contributed by atoms with van der Waals surface area (Å²) in [6.07, 6.45) is 0. The number of benzene rings is 1. The van der Waals surface area contributed by atoms with Crippen LogP contribution in [-0.4, -0.2) is 56.7 Å². The van der Waals surface area contributed by atoms with Gasteiger partial charge in [0.1, 0.15) is 6.61 Å². The molecular weight excluding hydrogens is 260 g/mol. The van der Waals surface area contributed by atoms with Crippen molar-refractivity contribution >= 4 is 17.5 Å². The molecule has 1 aromatic carbocycles. The second kappa shape index (κ2) is 7.02. The van der Waals surface area contributed by atoms with Crippen LogP contribution < -0.4 is 5.32 Å². The highest BCUT2D eigenvalue weighted by Gasteiger charge is 2.21. The Kier molecular flexibility index (Phi) is 5.09. The summed E-state index contributed by atoms with van der Waals surface area (Å²) in [5.74, 6) is -0.378. The van der Waals surface area contributed by atoms with Crippen LogP contribution in [0.3, 0.4) is 0 Å². The number of morpholine rings is 1. The number of nitrogens with one attached hydrogen (secondary N) is 1. The van der Waals surface area contributed by atoms with Crippen LogP contribution in [0.15, 0.2) is 24.3 Å². The highest BCUT2D eigenvalue weighted by Crippen LogP contribution is 2.18. The molecule has 0 unspecified atom stereocenters. The topological polar surface area (TPSA) is 67.9 Å². The molecule has 0 atom stereocenters. The second-order valence-electron chi connectivity index (χ2n) is 4.43. The van der Waals surface area contributed by atoms with Crippen molar-refractivity contribution < 1.29 is 19.1 Å². The monoisotopic (exact) mass is 278 g/mol. The molecule has 0 spiro atoms. The molecule has 1 aliphatic rings. The maximum absolute atomic E-state index is 12.4. The highest BCUT2D eigenvalue weighted by molar-refractivity contribution is 6.04. The van der Waals surface area contributed by atoms with Gasteiger partial charge in [-0.05, 0) is 12.1 Å². The molecule has 2 amide bonds. The Balaban J connectivity index is 2.14. The number of para-hydroxylation sites is 1. The Bertz CT molecular complexity index is 484. The van der Waals surface area contributed by atoms with Crippen molar-refractivity contribution in [2.45, 2.75) is 0 Å². The summed E-state index contributed by atoms with van der Waals surface area (Å²) in [6, 6.07) is 6.97. The number of amides is 2. The van der Waals surface area contributed by atoms with Gasteiger partial charge in [0.2, 0.25) is 5.91 Å². The van der Waals surface area contributed by atoms with E-state index in [1.165, 1.54) is 7.11 Å². The number of rotatable bonds is 4. The lowest BCUT2D eigenvalue weighted by atomic mass is 10.1. The van der Waals surface area contributed by atoms with E-state index in [4.69, 9.17) is 9.47 Å². The molecule has 0 bridgehead atoms. The van der Waals surface area contributed by atoms with Crippen LogP contribution in [0, 0.1) is 0 Å². The predicted octanol–water partition coefficient (Wildman–Crippen LogP) is 0.744. The van der Waals surface area contributed by atoms with Crippen molar-refractivity contribution in [2.24, 2.45) is 0 Å². The average molecular weight is 278 g/mol. The first-order chi connectivity index (χ1) is 9.72. The number of carbonyl (C=O) groups is 2. The van der Waals surface area contributed by atoms with Crippen molar-refractivity contribution in [3.8, 4) is 0 Å². The van der Waals surface area contributed by atoms with Gasteiger partial charge in [0.15, 0.2) is 0 Å². The zero-order chi connectivity index (χ0) is 14.4. The number of carbonyl (C=O) groups excluding carboxylic acids is 2. The minimum absolute atomic E-state index is 0.0416. The molecule has 1 heterocycles. The molecule has 1 N–H and O–H groups in total. The number of anilines is 1. The van der Waals surface area contributed by atoms with Gasteiger partial charge in [-0.3, -0.25) is 9.59 Å². The van der Waals surface area contributed by atoms with Crippen LogP contribution in [0.1, 0.15) is 10.4 Å². The summed E-state index contributed by atoms with van der Waals surface area (Å²) in [5.41, 5.74) is 0.991. The number of nitrogens with zero attached hydrogens (tertiary/aromatic N) is 1. The molecule has 1 aromatic rings. The van der Waals surface area contributed by atoms with Crippen molar-refractivity contribution in [1.29, 1.82) is 0 Å². The van der Waals surface area contributed by atoms with E-state index in [9.17, 15) is 9.59 Å². The Morgan fingerprint density at radius 2 is 2.00 bits per heavy atom. The van der Waals surface area contributed by atoms with Gasteiger partial charge in [-0.15, -0.1) is 0 Å². The summed E-state index contributed by atoms with van der Waals surface area (Å²) in [4.78, 5) is 25.8. The molecular formula is C14H18N2O4. The van der Waals surface area contributed by atoms with Crippen LogP contribution in [0.25, 0.3) is 0 Å². The highest BCUT2D eigenvalue weighted by atomic mass is 16.5. The van der Waals surface area contributed by atoms with Gasteiger partial charge in [-0.1, -0.05) is 12.1 Å². The van der Waals surface area contributed by atoms with Gasteiger partial charge in [0.05, 0.1) is 24.5 Å². The predicted molar refractivity (Wildman–Crippen MR) is 73.7 cm³/mol. The average Bonchev–Trinajstić information content (AvgIpc) is 2.48. The third kappa shape index (κ3) is 3.55. The fourth-order valence-electron chi connectivity index (χ4n) is 2.03. The van der Waals surface area contributed by atoms with E-state index in [1.54, 1.807) is 29.2 Å². The number of methoxy groups -OCH3 is 1. The lowest BCUT2D eigenvalue weighted by Gasteiger charge is -2.27. The molecule has 1 saturated heterocycles. The van der Waals surface area contributed by atoms with Crippen LogP contribution >= 0.6 is 0 Å². The van der Waals surface area contributed by atoms with E-state index in [-0.39, 0.29) is 18.4 Å². The van der Waals surface area contributed by atoms with E-state index in [1.807, 2.05) is 0 Å². The first-order valence-electron chi connectivity index (χ1n) is 6.47. The third-order valence-corrected chi connectivity index (χ3v) is 3.01. The Morgan fingerprint density at radius 1 is 1.30 bits per heavy atom. The zero-order valence-corrected chi connectivity index (χ0v) is 11.4. The molecule has 2 rings (SSSR count). The Morgan fingerprint density at radius 3 is 2.70 bits per heavy atom. The molecule has 6 nitrogen and oxygen atoms in total. The van der Waals surface area contributed by atoms with E-state index < -0.39 is 0 Å². The summed E-state index contributed by atoms with van der Waals surface area (Å²) in [7, 11) is 1.45. The van der Waals surface area contributed by atoms with Crippen molar-refractivity contribution in [3.05, 3.63) is 29.8 Å². The molecule has 0 saturated carbocycles. The summed E-state index contributed by atoms with van der Waals surface area (Å²) in [5, 5.41) is 2.69. The Hall–Kier alpha value is -1.92. The molecule has 0 aliphatic carbocycles. The van der Waals surface area contributed by atoms with Gasteiger partial charge in [-0.25, -0.2) is 0 Å². The second-order valence-corrected chi connectivity index (χ2v) is 4.43. The van der Waals surface area contributed by atoms with Crippen molar-refractivity contribution in [3.63, 3.8) is 0 Å². The van der Waals surface area contributed by atoms with Crippen LogP contribution in [0.5, 0.6) is 0 Å². The first kappa shape index (κ1) is 14.5. The van der Waals surface area contributed by atoms with Gasteiger partial charge < -0.3 is 19.7 Å². The largest absolute Gasteiger partial charge is 0.378 e. The lowest BCUT2D eigenvalue weighted by Crippen LogP contribution is -2.41. The van der Waals surface area contributed by atoms with Gasteiger partial charge in [0, 0.05) is 20.2 Å². The SMILES string of the molecule is COCC(=O)Nc1ccccc1C(=O)N1CCOCC1. The minimum Gasteiger partial charge on any atom is -0.378 e. The number of ether oxygens (including phenoxy) is 2. The van der Waals surface area contributed by atoms with Crippen molar-refractivity contribution in [1.82, 2.24) is 4.90 Å². The first-order valence-corrected chi connectivity index (χ1v) is 6.47. The lowest BCUT2D eigenvalue weighted by molar-refractivity contribution is -0.119. The Labute approximate surface area is 117 Å². The number of hydrogen-bond acceptors (Lipinski definition) is 4. The van der Waals surface area contributed by atoms with Gasteiger partial charge in [-0.2, -0.15) is 0 Å².